The first kappa shape index (κ1) is 13.6. The molecule has 1 aliphatic rings. The standard InChI is InChI=1S/C11H24N4S/c1-11(2,14(3)4)9-13-10(12)15-5-7-16-8-6-15/h5-9H2,1-4H3,(H2,12,13). The van der Waals surface area contributed by atoms with E-state index in [9.17, 15) is 0 Å². The molecule has 0 aliphatic carbocycles. The van der Waals surface area contributed by atoms with Crippen molar-refractivity contribution in [2.75, 3.05) is 45.2 Å². The Morgan fingerprint density at radius 3 is 2.44 bits per heavy atom. The molecule has 0 aromatic carbocycles. The predicted molar refractivity (Wildman–Crippen MR) is 73.2 cm³/mol. The molecule has 4 nitrogen and oxygen atoms in total. The Morgan fingerprint density at radius 1 is 1.38 bits per heavy atom. The minimum atomic E-state index is 0.0646. The molecule has 0 aromatic heterocycles. The summed E-state index contributed by atoms with van der Waals surface area (Å²) in [5, 5.41) is 0. The molecular weight excluding hydrogens is 220 g/mol. The van der Waals surface area contributed by atoms with Crippen LogP contribution in [0.4, 0.5) is 0 Å². The van der Waals surface area contributed by atoms with Crippen molar-refractivity contribution in [1.82, 2.24) is 9.80 Å². The first-order chi connectivity index (χ1) is 7.43. The van der Waals surface area contributed by atoms with E-state index in [1.807, 2.05) is 11.8 Å². The summed E-state index contributed by atoms with van der Waals surface area (Å²) in [6.45, 7) is 7.16. The van der Waals surface area contributed by atoms with Crippen LogP contribution in [0.5, 0.6) is 0 Å². The first-order valence-corrected chi connectivity index (χ1v) is 6.89. The summed E-state index contributed by atoms with van der Waals surface area (Å²) in [5.41, 5.74) is 6.07. The van der Waals surface area contributed by atoms with Gasteiger partial charge in [0.2, 0.25) is 0 Å². The number of thioether (sulfide) groups is 1. The maximum Gasteiger partial charge on any atom is 0.191 e. The Hall–Kier alpha value is -0.420. The van der Waals surface area contributed by atoms with E-state index >= 15 is 0 Å². The van der Waals surface area contributed by atoms with Crippen molar-refractivity contribution < 1.29 is 0 Å². The van der Waals surface area contributed by atoms with Crippen LogP contribution in [0.3, 0.4) is 0 Å². The summed E-state index contributed by atoms with van der Waals surface area (Å²) < 4.78 is 0. The molecule has 5 heteroatoms. The van der Waals surface area contributed by atoms with Gasteiger partial charge in [-0.3, -0.25) is 4.99 Å². The van der Waals surface area contributed by atoms with Crippen molar-refractivity contribution in [3.63, 3.8) is 0 Å². The lowest BCUT2D eigenvalue weighted by molar-refractivity contribution is 0.204. The van der Waals surface area contributed by atoms with Gasteiger partial charge in [-0.05, 0) is 27.9 Å². The number of hydrogen-bond donors (Lipinski definition) is 1. The van der Waals surface area contributed by atoms with E-state index in [-0.39, 0.29) is 5.54 Å². The second-order valence-electron chi connectivity index (χ2n) is 4.98. The lowest BCUT2D eigenvalue weighted by atomic mass is 10.1. The zero-order valence-corrected chi connectivity index (χ0v) is 11.7. The molecular formula is C11H24N4S. The average Bonchev–Trinajstić information content (AvgIpc) is 2.27. The molecule has 0 saturated carbocycles. The van der Waals surface area contributed by atoms with Crippen LogP contribution in [-0.2, 0) is 0 Å². The second kappa shape index (κ2) is 5.77. The number of likely N-dealkylation sites (N-methyl/N-ethyl adjacent to an activating group) is 1. The minimum absolute atomic E-state index is 0.0646. The van der Waals surface area contributed by atoms with E-state index in [1.54, 1.807) is 0 Å². The summed E-state index contributed by atoms with van der Waals surface area (Å²) in [5.74, 6) is 3.02. The van der Waals surface area contributed by atoms with E-state index in [4.69, 9.17) is 5.73 Å². The predicted octanol–water partition coefficient (Wildman–Crippen LogP) is 0.690. The molecule has 16 heavy (non-hydrogen) atoms. The van der Waals surface area contributed by atoms with Gasteiger partial charge < -0.3 is 15.5 Å². The average molecular weight is 244 g/mol. The Bertz CT molecular complexity index is 244. The van der Waals surface area contributed by atoms with Crippen LogP contribution in [0.15, 0.2) is 4.99 Å². The van der Waals surface area contributed by atoms with Gasteiger partial charge in [0.05, 0.1) is 6.54 Å². The van der Waals surface area contributed by atoms with Gasteiger partial charge >= 0.3 is 0 Å². The normalized spacial score (nSPS) is 19.3. The number of nitrogens with zero attached hydrogens (tertiary/aromatic N) is 3. The number of guanidine groups is 1. The number of nitrogens with two attached hydrogens (primary N) is 1. The fraction of sp³-hybridized carbons (Fsp3) is 0.909. The summed E-state index contributed by atoms with van der Waals surface area (Å²) in [6.07, 6.45) is 0. The molecule has 0 unspecified atom stereocenters. The largest absolute Gasteiger partial charge is 0.370 e. The molecule has 0 aromatic rings. The molecule has 94 valence electrons. The molecule has 2 N–H and O–H groups in total. The lowest BCUT2D eigenvalue weighted by Gasteiger charge is -2.32. The molecule has 1 aliphatic heterocycles. The van der Waals surface area contributed by atoms with Gasteiger partial charge in [-0.1, -0.05) is 0 Å². The van der Waals surface area contributed by atoms with Crippen molar-refractivity contribution in [3.8, 4) is 0 Å². The van der Waals surface area contributed by atoms with Crippen molar-refractivity contribution in [2.45, 2.75) is 19.4 Å². The Labute approximate surface area is 103 Å². The monoisotopic (exact) mass is 244 g/mol. The number of aliphatic imine (C=N–C) groups is 1. The van der Waals surface area contributed by atoms with Crippen LogP contribution in [0.25, 0.3) is 0 Å². The Morgan fingerprint density at radius 2 is 1.94 bits per heavy atom. The van der Waals surface area contributed by atoms with Crippen molar-refractivity contribution >= 4 is 17.7 Å². The van der Waals surface area contributed by atoms with Gasteiger partial charge in [0.1, 0.15) is 0 Å². The highest BCUT2D eigenvalue weighted by Crippen LogP contribution is 2.12. The summed E-state index contributed by atoms with van der Waals surface area (Å²) in [4.78, 5) is 8.87. The lowest BCUT2D eigenvalue weighted by Crippen LogP contribution is -2.45. The maximum absolute atomic E-state index is 6.00. The van der Waals surface area contributed by atoms with Gasteiger partial charge in [-0.25, -0.2) is 0 Å². The van der Waals surface area contributed by atoms with Gasteiger partial charge in [0, 0.05) is 30.1 Å². The van der Waals surface area contributed by atoms with Gasteiger partial charge in [0.25, 0.3) is 0 Å². The third kappa shape index (κ3) is 3.87. The van der Waals surface area contributed by atoms with E-state index in [1.165, 1.54) is 0 Å². The highest BCUT2D eigenvalue weighted by atomic mass is 32.2. The van der Waals surface area contributed by atoms with Gasteiger partial charge in [-0.2, -0.15) is 11.8 Å². The van der Waals surface area contributed by atoms with Crippen LogP contribution in [-0.4, -0.2) is 66.5 Å². The fourth-order valence-electron chi connectivity index (χ4n) is 1.31. The summed E-state index contributed by atoms with van der Waals surface area (Å²) in [7, 11) is 4.15. The zero-order valence-electron chi connectivity index (χ0n) is 10.9. The summed E-state index contributed by atoms with van der Waals surface area (Å²) in [6, 6.07) is 0. The molecule has 0 atom stereocenters. The van der Waals surface area contributed by atoms with Crippen molar-refractivity contribution in [1.29, 1.82) is 0 Å². The molecule has 1 rings (SSSR count). The minimum Gasteiger partial charge on any atom is -0.370 e. The quantitative estimate of drug-likeness (QED) is 0.586. The van der Waals surface area contributed by atoms with Gasteiger partial charge in [0.15, 0.2) is 5.96 Å². The highest BCUT2D eigenvalue weighted by molar-refractivity contribution is 7.99. The van der Waals surface area contributed by atoms with Crippen LogP contribution < -0.4 is 5.73 Å². The molecule has 0 amide bonds. The first-order valence-electron chi connectivity index (χ1n) is 5.73. The highest BCUT2D eigenvalue weighted by Gasteiger charge is 2.20. The van der Waals surface area contributed by atoms with Crippen molar-refractivity contribution in [2.24, 2.45) is 10.7 Å². The Kier molecular flexibility index (Phi) is 4.92. The van der Waals surface area contributed by atoms with Crippen LogP contribution in [0.2, 0.25) is 0 Å². The molecule has 1 fully saturated rings. The van der Waals surface area contributed by atoms with Crippen LogP contribution in [0.1, 0.15) is 13.8 Å². The van der Waals surface area contributed by atoms with Crippen LogP contribution in [0, 0.1) is 0 Å². The number of rotatable bonds is 3. The molecule has 1 saturated heterocycles. The smallest absolute Gasteiger partial charge is 0.191 e. The molecule has 0 spiro atoms. The van der Waals surface area contributed by atoms with E-state index < -0.39 is 0 Å². The van der Waals surface area contributed by atoms with Crippen molar-refractivity contribution in [3.05, 3.63) is 0 Å². The Balaban J connectivity index is 2.49. The van der Waals surface area contributed by atoms with Gasteiger partial charge in [-0.15, -0.1) is 0 Å². The zero-order chi connectivity index (χ0) is 12.2. The SMILES string of the molecule is CN(C)C(C)(C)CN=C(N)N1CCSCC1. The number of hydrogen-bond acceptors (Lipinski definition) is 3. The third-order valence-electron chi connectivity index (χ3n) is 3.17. The van der Waals surface area contributed by atoms with Crippen LogP contribution >= 0.6 is 11.8 Å². The van der Waals surface area contributed by atoms with E-state index in [2.05, 4.69) is 42.7 Å². The molecule has 0 radical (unpaired) electrons. The molecule has 1 heterocycles. The molecule has 0 bridgehead atoms. The fourth-order valence-corrected chi connectivity index (χ4v) is 2.21. The van der Waals surface area contributed by atoms with E-state index in [0.29, 0.717) is 5.96 Å². The maximum atomic E-state index is 6.00. The second-order valence-corrected chi connectivity index (χ2v) is 6.21. The topological polar surface area (TPSA) is 44.9 Å². The van der Waals surface area contributed by atoms with E-state index in [0.717, 1.165) is 31.1 Å². The third-order valence-corrected chi connectivity index (χ3v) is 4.12. The summed E-state index contributed by atoms with van der Waals surface area (Å²) >= 11 is 1.98.